The van der Waals surface area contributed by atoms with E-state index < -0.39 is 5.97 Å². The number of carboxylic acid groups (broad SMARTS) is 1. The van der Waals surface area contributed by atoms with Gasteiger partial charge in [-0.2, -0.15) is 5.10 Å². The van der Waals surface area contributed by atoms with Crippen LogP contribution in [0.2, 0.25) is 0 Å². The molecular formula is C13H17N3O2S2. The summed E-state index contributed by atoms with van der Waals surface area (Å²) in [6.45, 7) is 6.77. The Morgan fingerprint density at radius 2 is 2.25 bits per heavy atom. The van der Waals surface area contributed by atoms with Crippen LogP contribution < -0.4 is 0 Å². The van der Waals surface area contributed by atoms with Crippen molar-refractivity contribution in [1.29, 1.82) is 0 Å². The van der Waals surface area contributed by atoms with Crippen molar-refractivity contribution in [2.24, 2.45) is 0 Å². The second-order valence-corrected chi connectivity index (χ2v) is 6.75. The predicted octanol–water partition coefficient (Wildman–Crippen LogP) is 2.90. The molecule has 108 valence electrons. The van der Waals surface area contributed by atoms with Gasteiger partial charge in [-0.05, 0) is 26.8 Å². The molecule has 7 heteroatoms. The molecule has 2 rings (SSSR count). The summed E-state index contributed by atoms with van der Waals surface area (Å²) in [5, 5.41) is 13.3. The summed E-state index contributed by atoms with van der Waals surface area (Å²) >= 11 is 3.10. The van der Waals surface area contributed by atoms with Gasteiger partial charge in [-0.25, -0.2) is 4.98 Å². The molecule has 0 amide bonds. The van der Waals surface area contributed by atoms with E-state index in [-0.39, 0.29) is 6.42 Å². The highest BCUT2D eigenvalue weighted by Crippen LogP contribution is 2.30. The van der Waals surface area contributed by atoms with Crippen molar-refractivity contribution < 1.29 is 9.90 Å². The third-order valence-electron chi connectivity index (χ3n) is 2.81. The Labute approximate surface area is 126 Å². The van der Waals surface area contributed by atoms with E-state index >= 15 is 0 Å². The number of hydrogen-bond acceptors (Lipinski definition) is 5. The molecule has 0 saturated heterocycles. The van der Waals surface area contributed by atoms with E-state index in [9.17, 15) is 4.79 Å². The molecular weight excluding hydrogens is 294 g/mol. The third-order valence-corrected chi connectivity index (χ3v) is 5.15. The Hall–Kier alpha value is -1.34. The molecule has 2 heterocycles. The Balaban J connectivity index is 2.05. The first-order valence-electron chi connectivity index (χ1n) is 6.33. The van der Waals surface area contributed by atoms with Crippen LogP contribution in [0.25, 0.3) is 0 Å². The Morgan fingerprint density at radius 3 is 2.90 bits per heavy atom. The number of nitrogens with zero attached hydrogens (tertiary/aromatic N) is 3. The molecule has 0 unspecified atom stereocenters. The van der Waals surface area contributed by atoms with Gasteiger partial charge in [0.1, 0.15) is 0 Å². The van der Waals surface area contributed by atoms with Crippen LogP contribution in [-0.4, -0.2) is 25.8 Å². The van der Waals surface area contributed by atoms with E-state index in [1.807, 2.05) is 18.5 Å². The van der Waals surface area contributed by atoms with Crippen molar-refractivity contribution in [1.82, 2.24) is 14.8 Å². The molecule has 0 fully saturated rings. The van der Waals surface area contributed by atoms with Crippen LogP contribution in [-0.2, 0) is 23.5 Å². The first-order chi connectivity index (χ1) is 9.49. The van der Waals surface area contributed by atoms with Gasteiger partial charge < -0.3 is 5.11 Å². The van der Waals surface area contributed by atoms with Gasteiger partial charge in [0, 0.05) is 22.9 Å². The number of aromatic nitrogens is 3. The molecule has 0 aliphatic heterocycles. The summed E-state index contributed by atoms with van der Waals surface area (Å²) in [6, 6.07) is 2.08. The van der Waals surface area contributed by atoms with Crippen LogP contribution in [0, 0.1) is 13.8 Å². The number of carboxylic acids is 1. The topological polar surface area (TPSA) is 68.0 Å². The molecule has 0 aliphatic rings. The summed E-state index contributed by atoms with van der Waals surface area (Å²) in [5.41, 5.74) is 3.01. The number of thiazole rings is 1. The van der Waals surface area contributed by atoms with Crippen LogP contribution in [0.3, 0.4) is 0 Å². The predicted molar refractivity (Wildman–Crippen MR) is 80.4 cm³/mol. The number of carbonyl (C=O) groups is 1. The molecule has 0 radical (unpaired) electrons. The molecule has 2 aromatic rings. The van der Waals surface area contributed by atoms with E-state index in [1.54, 1.807) is 11.8 Å². The van der Waals surface area contributed by atoms with Crippen LogP contribution >= 0.6 is 23.1 Å². The molecule has 2 aromatic heterocycles. The Kier molecular flexibility index (Phi) is 4.82. The lowest BCUT2D eigenvalue weighted by Gasteiger charge is -2.02. The summed E-state index contributed by atoms with van der Waals surface area (Å²) in [5.74, 6) is -0.0123. The summed E-state index contributed by atoms with van der Waals surface area (Å²) in [7, 11) is 0. The molecule has 0 atom stereocenters. The molecule has 20 heavy (non-hydrogen) atoms. The average Bonchev–Trinajstić information content (AvgIpc) is 2.90. The van der Waals surface area contributed by atoms with Gasteiger partial charge >= 0.3 is 5.97 Å². The van der Waals surface area contributed by atoms with Gasteiger partial charge in [0.2, 0.25) is 0 Å². The minimum absolute atomic E-state index is 0.0516. The lowest BCUT2D eigenvalue weighted by Crippen LogP contribution is -2.01. The van der Waals surface area contributed by atoms with Gasteiger partial charge in [0.25, 0.3) is 0 Å². The first kappa shape index (κ1) is 15.1. The van der Waals surface area contributed by atoms with Crippen LogP contribution in [0.4, 0.5) is 0 Å². The zero-order chi connectivity index (χ0) is 14.7. The number of aliphatic carboxylic acids is 1. The molecule has 1 N–H and O–H groups in total. The minimum Gasteiger partial charge on any atom is -0.481 e. The second kappa shape index (κ2) is 6.41. The zero-order valence-electron chi connectivity index (χ0n) is 11.7. The van der Waals surface area contributed by atoms with Crippen molar-refractivity contribution in [2.45, 2.75) is 43.8 Å². The molecule has 0 spiro atoms. The fourth-order valence-corrected chi connectivity index (χ4v) is 4.09. The Bertz CT molecular complexity index is 619. The number of thioether (sulfide) groups is 1. The highest BCUT2D eigenvalue weighted by Gasteiger charge is 2.12. The highest BCUT2D eigenvalue weighted by atomic mass is 32.2. The van der Waals surface area contributed by atoms with Gasteiger partial charge in [-0.3, -0.25) is 9.48 Å². The lowest BCUT2D eigenvalue weighted by atomic mass is 10.3. The molecule has 0 bridgehead atoms. The standard InChI is InChI=1S/C13H17N3O2S2/c1-4-16-10(5-8(2)15-16)7-19-13-14-9(3)11(20-13)6-12(17)18/h5H,4,6-7H2,1-3H3,(H,17,18). The lowest BCUT2D eigenvalue weighted by molar-refractivity contribution is -0.136. The third kappa shape index (κ3) is 3.61. The smallest absolute Gasteiger partial charge is 0.308 e. The summed E-state index contributed by atoms with van der Waals surface area (Å²) < 4.78 is 2.90. The molecule has 0 aromatic carbocycles. The number of rotatable bonds is 6. The fraction of sp³-hybridized carbons (Fsp3) is 0.462. The Morgan fingerprint density at radius 1 is 1.50 bits per heavy atom. The van der Waals surface area contributed by atoms with Gasteiger partial charge in [0.05, 0.1) is 17.8 Å². The maximum Gasteiger partial charge on any atom is 0.308 e. The molecule has 0 saturated carbocycles. The SMILES string of the molecule is CCn1nc(C)cc1CSc1nc(C)c(CC(=O)O)s1. The average molecular weight is 311 g/mol. The first-order valence-corrected chi connectivity index (χ1v) is 8.14. The van der Waals surface area contributed by atoms with Crippen molar-refractivity contribution in [3.8, 4) is 0 Å². The monoisotopic (exact) mass is 311 g/mol. The second-order valence-electron chi connectivity index (χ2n) is 4.44. The fourth-order valence-electron chi connectivity index (χ4n) is 1.89. The van der Waals surface area contributed by atoms with E-state index in [0.29, 0.717) is 0 Å². The highest BCUT2D eigenvalue weighted by molar-refractivity contribution is 8.00. The maximum absolute atomic E-state index is 10.8. The van der Waals surface area contributed by atoms with Crippen LogP contribution in [0.1, 0.15) is 28.9 Å². The zero-order valence-corrected chi connectivity index (χ0v) is 13.3. The van der Waals surface area contributed by atoms with Crippen LogP contribution in [0.15, 0.2) is 10.4 Å². The van der Waals surface area contributed by atoms with Crippen LogP contribution in [0.5, 0.6) is 0 Å². The largest absolute Gasteiger partial charge is 0.481 e. The van der Waals surface area contributed by atoms with Crippen molar-refractivity contribution in [3.63, 3.8) is 0 Å². The molecule has 0 aliphatic carbocycles. The van der Waals surface area contributed by atoms with E-state index in [1.165, 1.54) is 17.0 Å². The number of aryl methyl sites for hydroxylation is 3. The van der Waals surface area contributed by atoms with E-state index in [2.05, 4.69) is 23.1 Å². The van der Waals surface area contributed by atoms with E-state index in [4.69, 9.17) is 5.11 Å². The normalized spacial score (nSPS) is 10.9. The van der Waals surface area contributed by atoms with Gasteiger partial charge in [-0.1, -0.05) is 11.8 Å². The molecule has 5 nitrogen and oxygen atoms in total. The minimum atomic E-state index is -0.812. The van der Waals surface area contributed by atoms with Gasteiger partial charge in [-0.15, -0.1) is 11.3 Å². The summed E-state index contributed by atoms with van der Waals surface area (Å²) in [4.78, 5) is 16.0. The summed E-state index contributed by atoms with van der Waals surface area (Å²) in [6.07, 6.45) is 0.0516. The maximum atomic E-state index is 10.8. The number of hydrogen-bond donors (Lipinski definition) is 1. The van der Waals surface area contributed by atoms with Gasteiger partial charge in [0.15, 0.2) is 4.34 Å². The van der Waals surface area contributed by atoms with Crippen molar-refractivity contribution in [3.05, 3.63) is 28.0 Å². The quantitative estimate of drug-likeness (QED) is 0.831. The van der Waals surface area contributed by atoms with Crippen molar-refractivity contribution in [2.75, 3.05) is 0 Å². The van der Waals surface area contributed by atoms with E-state index in [0.717, 1.165) is 32.9 Å². The van der Waals surface area contributed by atoms with Crippen molar-refractivity contribution >= 4 is 29.1 Å².